The molecular formula is C27H37N5O4. The van der Waals surface area contributed by atoms with Gasteiger partial charge in [0.05, 0.1) is 24.5 Å². The molecule has 36 heavy (non-hydrogen) atoms. The van der Waals surface area contributed by atoms with Gasteiger partial charge in [-0.25, -0.2) is 4.79 Å². The number of ether oxygens (including phenoxy) is 2. The van der Waals surface area contributed by atoms with Gasteiger partial charge in [0.15, 0.2) is 0 Å². The molecule has 0 bridgehead atoms. The Morgan fingerprint density at radius 1 is 1.11 bits per heavy atom. The lowest BCUT2D eigenvalue weighted by Crippen LogP contribution is -2.44. The molecule has 2 saturated heterocycles. The predicted molar refractivity (Wildman–Crippen MR) is 139 cm³/mol. The standard InChI is InChI=1S/C27H37N5O4/c1-27(2,3)36-26(34)32-10-8-20(9-11-32)30-24-17-21(29-18-23(24)25(28)33)16-19-4-6-22(7-5-19)31-12-14-35-15-13-31/h4-7,17-18,20H,8-16H2,1-3H3,(H2,28,33)(H,29,30). The highest BCUT2D eigenvalue weighted by atomic mass is 16.6. The minimum atomic E-state index is -0.516. The summed E-state index contributed by atoms with van der Waals surface area (Å²) >= 11 is 0. The van der Waals surface area contributed by atoms with Crippen LogP contribution in [-0.2, 0) is 15.9 Å². The van der Waals surface area contributed by atoms with Gasteiger partial charge in [0.25, 0.3) is 5.91 Å². The van der Waals surface area contributed by atoms with E-state index in [0.717, 1.165) is 50.4 Å². The van der Waals surface area contributed by atoms with E-state index in [9.17, 15) is 9.59 Å². The third kappa shape index (κ3) is 6.87. The number of likely N-dealkylation sites (tertiary alicyclic amines) is 1. The number of morpholine rings is 1. The van der Waals surface area contributed by atoms with Crippen LogP contribution in [0.15, 0.2) is 36.5 Å². The van der Waals surface area contributed by atoms with Crippen LogP contribution in [-0.4, -0.2) is 72.9 Å². The van der Waals surface area contributed by atoms with Gasteiger partial charge < -0.3 is 30.3 Å². The molecule has 9 heteroatoms. The number of anilines is 2. The molecule has 9 nitrogen and oxygen atoms in total. The minimum Gasteiger partial charge on any atom is -0.444 e. The fourth-order valence-electron chi connectivity index (χ4n) is 4.52. The number of carbonyl (C=O) groups is 2. The summed E-state index contributed by atoms with van der Waals surface area (Å²) in [5, 5.41) is 3.48. The van der Waals surface area contributed by atoms with E-state index in [1.165, 1.54) is 5.69 Å². The number of benzene rings is 1. The molecule has 2 aromatic rings. The number of primary amides is 1. The molecule has 0 radical (unpaired) electrons. The van der Waals surface area contributed by atoms with E-state index in [4.69, 9.17) is 15.2 Å². The van der Waals surface area contributed by atoms with Gasteiger partial charge in [-0.2, -0.15) is 0 Å². The molecule has 2 aliphatic heterocycles. The molecule has 4 rings (SSSR count). The lowest BCUT2D eigenvalue weighted by atomic mass is 10.0. The van der Waals surface area contributed by atoms with Crippen LogP contribution in [0.4, 0.5) is 16.2 Å². The Morgan fingerprint density at radius 2 is 1.78 bits per heavy atom. The number of rotatable bonds is 6. The van der Waals surface area contributed by atoms with Gasteiger partial charge >= 0.3 is 6.09 Å². The van der Waals surface area contributed by atoms with Crippen LogP contribution in [0.3, 0.4) is 0 Å². The van der Waals surface area contributed by atoms with Crippen LogP contribution in [0.5, 0.6) is 0 Å². The van der Waals surface area contributed by atoms with E-state index in [-0.39, 0.29) is 12.1 Å². The highest BCUT2D eigenvalue weighted by Gasteiger charge is 2.27. The average molecular weight is 496 g/mol. The summed E-state index contributed by atoms with van der Waals surface area (Å²) in [4.78, 5) is 33.0. The number of nitrogens with one attached hydrogen (secondary N) is 1. The summed E-state index contributed by atoms with van der Waals surface area (Å²) in [6.07, 6.45) is 3.41. The first-order valence-electron chi connectivity index (χ1n) is 12.6. The third-order valence-corrected chi connectivity index (χ3v) is 6.43. The van der Waals surface area contributed by atoms with E-state index >= 15 is 0 Å². The van der Waals surface area contributed by atoms with Crippen molar-refractivity contribution in [3.63, 3.8) is 0 Å². The number of nitrogens with zero attached hydrogens (tertiary/aromatic N) is 3. The summed E-state index contributed by atoms with van der Waals surface area (Å²) in [7, 11) is 0. The lowest BCUT2D eigenvalue weighted by molar-refractivity contribution is 0.0210. The smallest absolute Gasteiger partial charge is 0.410 e. The van der Waals surface area contributed by atoms with Crippen LogP contribution < -0.4 is 16.0 Å². The quantitative estimate of drug-likeness (QED) is 0.632. The molecule has 2 amide bonds. The maximum atomic E-state index is 12.4. The second-order valence-electron chi connectivity index (χ2n) is 10.4. The van der Waals surface area contributed by atoms with Gasteiger partial charge in [-0.3, -0.25) is 9.78 Å². The van der Waals surface area contributed by atoms with Crippen molar-refractivity contribution in [2.45, 2.75) is 51.7 Å². The van der Waals surface area contributed by atoms with Gasteiger partial charge in [-0.1, -0.05) is 12.1 Å². The predicted octanol–water partition coefficient (Wildman–Crippen LogP) is 3.42. The first-order chi connectivity index (χ1) is 17.2. The molecule has 0 saturated carbocycles. The summed E-state index contributed by atoms with van der Waals surface area (Å²) in [6, 6.07) is 10.5. The Hall–Kier alpha value is -3.33. The van der Waals surface area contributed by atoms with Crippen molar-refractivity contribution in [2.75, 3.05) is 49.6 Å². The molecule has 2 aliphatic rings. The lowest BCUT2D eigenvalue weighted by Gasteiger charge is -2.34. The number of piperidine rings is 1. The molecule has 1 aromatic heterocycles. The first kappa shape index (κ1) is 25.8. The number of nitrogens with two attached hydrogens (primary N) is 1. The van der Waals surface area contributed by atoms with Crippen molar-refractivity contribution in [1.82, 2.24) is 9.88 Å². The van der Waals surface area contributed by atoms with Crippen LogP contribution >= 0.6 is 0 Å². The summed E-state index contributed by atoms with van der Waals surface area (Å²) in [5.41, 5.74) is 9.36. The molecular weight excluding hydrogens is 458 g/mol. The summed E-state index contributed by atoms with van der Waals surface area (Å²) < 4.78 is 10.9. The Bertz CT molecular complexity index is 1050. The van der Waals surface area contributed by atoms with Crippen molar-refractivity contribution in [3.8, 4) is 0 Å². The number of amides is 2. The van der Waals surface area contributed by atoms with Crippen LogP contribution in [0.25, 0.3) is 0 Å². The largest absolute Gasteiger partial charge is 0.444 e. The van der Waals surface area contributed by atoms with Gasteiger partial charge in [-0.05, 0) is 57.4 Å². The van der Waals surface area contributed by atoms with Gasteiger partial charge in [-0.15, -0.1) is 0 Å². The molecule has 1 aromatic carbocycles. The van der Waals surface area contributed by atoms with Crippen molar-refractivity contribution in [1.29, 1.82) is 0 Å². The van der Waals surface area contributed by atoms with E-state index in [2.05, 4.69) is 39.5 Å². The fourth-order valence-corrected chi connectivity index (χ4v) is 4.52. The van der Waals surface area contributed by atoms with Crippen molar-refractivity contribution < 1.29 is 19.1 Å². The molecule has 2 fully saturated rings. The van der Waals surface area contributed by atoms with Crippen LogP contribution in [0, 0.1) is 0 Å². The van der Waals surface area contributed by atoms with Crippen LogP contribution in [0.2, 0.25) is 0 Å². The zero-order chi connectivity index (χ0) is 25.7. The van der Waals surface area contributed by atoms with Gasteiger partial charge in [0, 0.05) is 56.2 Å². The Morgan fingerprint density at radius 3 is 2.39 bits per heavy atom. The molecule has 0 aliphatic carbocycles. The maximum Gasteiger partial charge on any atom is 0.410 e. The van der Waals surface area contributed by atoms with Crippen LogP contribution in [0.1, 0.15) is 55.2 Å². The molecule has 0 atom stereocenters. The van der Waals surface area contributed by atoms with Gasteiger partial charge in [0.2, 0.25) is 0 Å². The SMILES string of the molecule is CC(C)(C)OC(=O)N1CCC(Nc2cc(Cc3ccc(N4CCOCC4)cc3)ncc2C(N)=O)CC1. The fraction of sp³-hybridized carbons (Fsp3) is 0.519. The number of hydrogen-bond donors (Lipinski definition) is 2. The average Bonchev–Trinajstić information content (AvgIpc) is 2.84. The normalized spacial score (nSPS) is 17.1. The highest BCUT2D eigenvalue weighted by Crippen LogP contribution is 2.24. The third-order valence-electron chi connectivity index (χ3n) is 6.43. The van der Waals surface area contributed by atoms with E-state index in [0.29, 0.717) is 30.8 Å². The summed E-state index contributed by atoms with van der Waals surface area (Å²) in [6.45, 7) is 10.1. The van der Waals surface area contributed by atoms with Gasteiger partial charge in [0.1, 0.15) is 5.60 Å². The molecule has 0 unspecified atom stereocenters. The van der Waals surface area contributed by atoms with E-state index < -0.39 is 11.5 Å². The second kappa shape index (κ2) is 11.2. The topological polar surface area (TPSA) is 110 Å². The Labute approximate surface area is 212 Å². The molecule has 0 spiro atoms. The second-order valence-corrected chi connectivity index (χ2v) is 10.4. The number of hydrogen-bond acceptors (Lipinski definition) is 7. The number of aromatic nitrogens is 1. The molecule has 194 valence electrons. The number of carbonyl (C=O) groups excluding carboxylic acids is 2. The monoisotopic (exact) mass is 495 g/mol. The van der Waals surface area contributed by atoms with Crippen molar-refractivity contribution >= 4 is 23.4 Å². The molecule has 3 heterocycles. The minimum absolute atomic E-state index is 0.116. The molecule has 3 N–H and O–H groups in total. The maximum absolute atomic E-state index is 12.4. The number of pyridine rings is 1. The van der Waals surface area contributed by atoms with Crippen molar-refractivity contribution in [3.05, 3.63) is 53.3 Å². The Kier molecular flexibility index (Phi) is 7.98. The van der Waals surface area contributed by atoms with E-state index in [1.807, 2.05) is 26.8 Å². The summed E-state index contributed by atoms with van der Waals surface area (Å²) in [5.74, 6) is -0.516. The zero-order valence-electron chi connectivity index (χ0n) is 21.5. The Balaban J connectivity index is 1.39. The van der Waals surface area contributed by atoms with Crippen molar-refractivity contribution in [2.24, 2.45) is 5.73 Å². The highest BCUT2D eigenvalue weighted by molar-refractivity contribution is 5.98. The van der Waals surface area contributed by atoms with E-state index in [1.54, 1.807) is 11.1 Å². The first-order valence-corrected chi connectivity index (χ1v) is 12.6. The zero-order valence-corrected chi connectivity index (χ0v) is 21.5.